The van der Waals surface area contributed by atoms with Crippen molar-refractivity contribution in [1.29, 1.82) is 0 Å². The van der Waals surface area contributed by atoms with Crippen LogP contribution in [0.3, 0.4) is 0 Å². The molecule has 3 rings (SSSR count). The molecule has 1 aliphatic heterocycles. The number of nitrogens with one attached hydrogen (secondary N) is 1. The van der Waals surface area contributed by atoms with E-state index in [9.17, 15) is 9.59 Å². The molecule has 1 N–H and O–H groups in total. The van der Waals surface area contributed by atoms with Gasteiger partial charge in [0.25, 0.3) is 0 Å². The van der Waals surface area contributed by atoms with E-state index in [-0.39, 0.29) is 11.8 Å². The van der Waals surface area contributed by atoms with Gasteiger partial charge in [-0.25, -0.2) is 4.98 Å². The Morgan fingerprint density at radius 2 is 1.96 bits per heavy atom. The van der Waals surface area contributed by atoms with Crippen molar-refractivity contribution in [3.05, 3.63) is 16.1 Å². The van der Waals surface area contributed by atoms with E-state index in [4.69, 9.17) is 0 Å². The van der Waals surface area contributed by atoms with Crippen molar-refractivity contribution in [2.75, 3.05) is 13.1 Å². The smallest absolute Gasteiger partial charge is 0.225 e. The fourth-order valence-corrected chi connectivity index (χ4v) is 4.58. The van der Waals surface area contributed by atoms with Crippen molar-refractivity contribution in [3.63, 3.8) is 0 Å². The minimum Gasteiger partial charge on any atom is -0.351 e. The van der Waals surface area contributed by atoms with Gasteiger partial charge >= 0.3 is 0 Å². The number of piperidine rings is 1. The molecule has 0 bridgehead atoms. The van der Waals surface area contributed by atoms with E-state index in [1.54, 1.807) is 11.3 Å². The summed E-state index contributed by atoms with van der Waals surface area (Å²) in [6.45, 7) is 3.75. The zero-order valence-corrected chi connectivity index (χ0v) is 14.5. The number of hydrogen-bond acceptors (Lipinski definition) is 4. The molecule has 2 heterocycles. The molecule has 0 unspecified atom stereocenters. The number of hydrogen-bond donors (Lipinski definition) is 1. The summed E-state index contributed by atoms with van der Waals surface area (Å²) in [7, 11) is 0. The molecule has 0 radical (unpaired) electrons. The first-order chi connectivity index (χ1) is 11.1. The fraction of sp³-hybridized carbons (Fsp3) is 0.706. The normalized spacial score (nSPS) is 20.0. The number of amides is 2. The highest BCUT2D eigenvalue weighted by Gasteiger charge is 2.31. The van der Waals surface area contributed by atoms with Crippen molar-refractivity contribution < 1.29 is 9.59 Å². The topological polar surface area (TPSA) is 62.3 Å². The molecule has 2 amide bonds. The molecule has 0 atom stereocenters. The summed E-state index contributed by atoms with van der Waals surface area (Å²) < 4.78 is 0. The molecular weight excluding hydrogens is 310 g/mol. The van der Waals surface area contributed by atoms with Crippen LogP contribution in [-0.2, 0) is 16.1 Å². The van der Waals surface area contributed by atoms with Crippen LogP contribution in [0.15, 0.2) is 5.38 Å². The molecule has 5 nitrogen and oxygen atoms in total. The first-order valence-electron chi connectivity index (χ1n) is 8.61. The van der Waals surface area contributed by atoms with E-state index in [0.717, 1.165) is 49.5 Å². The Bertz CT molecular complexity index is 558. The number of nitrogens with zero attached hydrogens (tertiary/aromatic N) is 2. The average molecular weight is 335 g/mol. The highest BCUT2D eigenvalue weighted by molar-refractivity contribution is 7.09. The van der Waals surface area contributed by atoms with Crippen LogP contribution in [0.4, 0.5) is 0 Å². The number of aromatic nitrogens is 1. The van der Waals surface area contributed by atoms with Gasteiger partial charge in [-0.05, 0) is 25.7 Å². The van der Waals surface area contributed by atoms with Crippen molar-refractivity contribution in [2.45, 2.75) is 57.9 Å². The van der Waals surface area contributed by atoms with Gasteiger partial charge in [-0.1, -0.05) is 12.8 Å². The number of likely N-dealkylation sites (tertiary alicyclic amines) is 1. The minimum atomic E-state index is -0.0294. The van der Waals surface area contributed by atoms with Gasteiger partial charge in [0.15, 0.2) is 0 Å². The van der Waals surface area contributed by atoms with Crippen molar-refractivity contribution in [1.82, 2.24) is 15.2 Å². The molecule has 1 aliphatic carbocycles. The fourth-order valence-electron chi connectivity index (χ4n) is 3.58. The largest absolute Gasteiger partial charge is 0.351 e. The van der Waals surface area contributed by atoms with Crippen LogP contribution in [0.5, 0.6) is 0 Å². The summed E-state index contributed by atoms with van der Waals surface area (Å²) >= 11 is 1.68. The molecule has 1 aromatic rings. The standard InChI is InChI=1S/C17H25N3O2S/c1-12(21)18-10-15-11-23-16(19-15)13-6-8-20(9-7-13)17(22)14-4-2-3-5-14/h11,13-14H,2-10H2,1H3,(H,18,21). The van der Waals surface area contributed by atoms with Crippen molar-refractivity contribution in [2.24, 2.45) is 5.92 Å². The highest BCUT2D eigenvalue weighted by Crippen LogP contribution is 2.33. The molecule has 1 aromatic heterocycles. The molecular formula is C17H25N3O2S. The van der Waals surface area contributed by atoms with Crippen LogP contribution >= 0.6 is 11.3 Å². The minimum absolute atomic E-state index is 0.0294. The van der Waals surface area contributed by atoms with Crippen LogP contribution in [-0.4, -0.2) is 34.8 Å². The predicted octanol–water partition coefficient (Wildman–Crippen LogP) is 2.68. The molecule has 2 aliphatic rings. The SMILES string of the molecule is CC(=O)NCc1csc(C2CCN(C(=O)C3CCCC3)CC2)n1. The molecule has 23 heavy (non-hydrogen) atoms. The summed E-state index contributed by atoms with van der Waals surface area (Å²) in [6.07, 6.45) is 6.60. The molecule has 1 saturated carbocycles. The van der Waals surface area contributed by atoms with Crippen molar-refractivity contribution >= 4 is 23.2 Å². The maximum atomic E-state index is 12.5. The molecule has 2 fully saturated rings. The van der Waals surface area contributed by atoms with Gasteiger partial charge in [0.2, 0.25) is 11.8 Å². The predicted molar refractivity (Wildman–Crippen MR) is 90.1 cm³/mol. The van der Waals surface area contributed by atoms with Gasteiger partial charge in [-0.15, -0.1) is 11.3 Å². The lowest BCUT2D eigenvalue weighted by Crippen LogP contribution is -2.40. The molecule has 126 valence electrons. The number of thiazole rings is 1. The Morgan fingerprint density at radius 1 is 1.26 bits per heavy atom. The van der Waals surface area contributed by atoms with E-state index in [1.165, 1.54) is 19.8 Å². The van der Waals surface area contributed by atoms with Crippen LogP contribution in [0, 0.1) is 5.92 Å². The van der Waals surface area contributed by atoms with E-state index in [1.807, 2.05) is 5.38 Å². The Morgan fingerprint density at radius 3 is 2.61 bits per heavy atom. The Kier molecular flexibility index (Phi) is 5.30. The first-order valence-corrected chi connectivity index (χ1v) is 9.49. The third-order valence-electron chi connectivity index (χ3n) is 4.95. The summed E-state index contributed by atoms with van der Waals surface area (Å²) in [5.41, 5.74) is 0.935. The quantitative estimate of drug-likeness (QED) is 0.920. The lowest BCUT2D eigenvalue weighted by Gasteiger charge is -2.32. The molecule has 6 heteroatoms. The summed E-state index contributed by atoms with van der Waals surface area (Å²) in [5.74, 6) is 1.10. The first kappa shape index (κ1) is 16.4. The summed E-state index contributed by atoms with van der Waals surface area (Å²) in [6, 6.07) is 0. The molecule has 0 spiro atoms. The lowest BCUT2D eigenvalue weighted by molar-refractivity contribution is -0.136. The van der Waals surface area contributed by atoms with Crippen LogP contribution in [0.25, 0.3) is 0 Å². The van der Waals surface area contributed by atoms with Crippen LogP contribution in [0.2, 0.25) is 0 Å². The third-order valence-corrected chi connectivity index (χ3v) is 6.00. The monoisotopic (exact) mass is 335 g/mol. The second kappa shape index (κ2) is 7.43. The highest BCUT2D eigenvalue weighted by atomic mass is 32.1. The number of carbonyl (C=O) groups excluding carboxylic acids is 2. The van der Waals surface area contributed by atoms with Gasteiger partial charge in [0.05, 0.1) is 17.2 Å². The van der Waals surface area contributed by atoms with Gasteiger partial charge in [-0.3, -0.25) is 9.59 Å². The maximum Gasteiger partial charge on any atom is 0.225 e. The second-order valence-electron chi connectivity index (χ2n) is 6.67. The van der Waals surface area contributed by atoms with E-state index in [0.29, 0.717) is 18.4 Å². The maximum absolute atomic E-state index is 12.5. The summed E-state index contributed by atoms with van der Waals surface area (Å²) in [5, 5.41) is 5.96. The van der Waals surface area contributed by atoms with Crippen LogP contribution in [0.1, 0.15) is 62.1 Å². The average Bonchev–Trinajstić information content (AvgIpc) is 3.24. The van der Waals surface area contributed by atoms with E-state index < -0.39 is 0 Å². The zero-order valence-electron chi connectivity index (χ0n) is 13.7. The number of rotatable bonds is 4. The molecule has 0 aromatic carbocycles. The van der Waals surface area contributed by atoms with Gasteiger partial charge < -0.3 is 10.2 Å². The van der Waals surface area contributed by atoms with Gasteiger partial charge in [0, 0.05) is 37.2 Å². The lowest BCUT2D eigenvalue weighted by atomic mass is 9.96. The zero-order chi connectivity index (χ0) is 16.2. The third kappa shape index (κ3) is 4.10. The molecule has 1 saturated heterocycles. The van der Waals surface area contributed by atoms with E-state index >= 15 is 0 Å². The van der Waals surface area contributed by atoms with Gasteiger partial charge in [-0.2, -0.15) is 0 Å². The summed E-state index contributed by atoms with van der Waals surface area (Å²) in [4.78, 5) is 30.2. The van der Waals surface area contributed by atoms with Crippen molar-refractivity contribution in [3.8, 4) is 0 Å². The van der Waals surface area contributed by atoms with Crippen LogP contribution < -0.4 is 5.32 Å². The van der Waals surface area contributed by atoms with E-state index in [2.05, 4.69) is 15.2 Å². The Hall–Kier alpha value is -1.43. The van der Waals surface area contributed by atoms with Gasteiger partial charge in [0.1, 0.15) is 0 Å². The Labute approximate surface area is 141 Å². The Balaban J connectivity index is 1.50. The number of carbonyl (C=O) groups is 2. The second-order valence-corrected chi connectivity index (χ2v) is 7.56.